The van der Waals surface area contributed by atoms with Gasteiger partial charge >= 0.3 is 0 Å². The molecule has 1 unspecified atom stereocenters. The first-order valence-electron chi connectivity index (χ1n) is 9.39. The summed E-state index contributed by atoms with van der Waals surface area (Å²) in [7, 11) is 0. The Morgan fingerprint density at radius 2 is 1.72 bits per heavy atom. The molecule has 2 aromatic rings. The van der Waals surface area contributed by atoms with E-state index in [1.54, 1.807) is 11.1 Å². The number of hydrogen-bond acceptors (Lipinski definition) is 3. The molecule has 2 aliphatic rings. The Hall–Kier alpha value is -2.31. The quantitative estimate of drug-likeness (QED) is 0.854. The topological polar surface area (TPSA) is 30.3 Å². The molecule has 1 aliphatic carbocycles. The average Bonchev–Trinajstić information content (AvgIpc) is 3.10. The number of hydrogen-bond donors (Lipinski definition) is 0. The van der Waals surface area contributed by atoms with E-state index in [1.807, 2.05) is 12.1 Å². The highest BCUT2D eigenvalue weighted by Crippen LogP contribution is 2.35. The number of aryl methyl sites for hydroxylation is 1. The molecule has 4 rings (SSSR count). The van der Waals surface area contributed by atoms with Crippen LogP contribution >= 0.6 is 0 Å². The molecule has 1 heterocycles. The predicted molar refractivity (Wildman–Crippen MR) is 102 cm³/mol. The maximum absolute atomic E-state index is 8.91. The van der Waals surface area contributed by atoms with Crippen LogP contribution in [0.15, 0.2) is 48.5 Å². The van der Waals surface area contributed by atoms with E-state index in [1.165, 1.54) is 31.5 Å². The number of piperazine rings is 1. The first-order chi connectivity index (χ1) is 12.3. The zero-order valence-corrected chi connectivity index (χ0v) is 14.7. The summed E-state index contributed by atoms with van der Waals surface area (Å²) in [5.74, 6) is 0.757. The molecule has 1 saturated heterocycles. The van der Waals surface area contributed by atoms with E-state index >= 15 is 0 Å². The molecule has 0 saturated carbocycles. The van der Waals surface area contributed by atoms with Crippen molar-refractivity contribution in [3.63, 3.8) is 0 Å². The van der Waals surface area contributed by atoms with Crippen molar-refractivity contribution in [3.8, 4) is 6.07 Å². The number of anilines is 1. The zero-order chi connectivity index (χ0) is 17.1. The summed E-state index contributed by atoms with van der Waals surface area (Å²) in [6, 6.07) is 19.2. The second kappa shape index (κ2) is 7.29. The highest BCUT2D eigenvalue weighted by molar-refractivity contribution is 5.50. The molecular formula is C22H25N3. The van der Waals surface area contributed by atoms with Crippen LogP contribution < -0.4 is 4.90 Å². The van der Waals surface area contributed by atoms with Crippen LogP contribution in [-0.2, 0) is 6.42 Å². The zero-order valence-electron chi connectivity index (χ0n) is 14.7. The molecular weight excluding hydrogens is 306 g/mol. The van der Waals surface area contributed by atoms with Crippen LogP contribution in [0.25, 0.3) is 0 Å². The van der Waals surface area contributed by atoms with Gasteiger partial charge in [0.25, 0.3) is 0 Å². The molecule has 1 atom stereocenters. The predicted octanol–water partition coefficient (Wildman–Crippen LogP) is 3.80. The number of fused-ring (bicyclic) bond motifs is 1. The molecule has 0 aromatic heterocycles. The van der Waals surface area contributed by atoms with Crippen molar-refractivity contribution in [2.24, 2.45) is 0 Å². The number of nitriles is 1. The minimum atomic E-state index is 0.735. The standard InChI is InChI=1S/C22H25N3/c23-17-18-5-9-21(10-6-18)25-15-13-24(14-16-25)12-11-20-8-7-19-3-1-2-4-22(19)20/h1-6,9-10,20H,7-8,11-16H2. The van der Waals surface area contributed by atoms with Gasteiger partial charge in [0.1, 0.15) is 0 Å². The fraction of sp³-hybridized carbons (Fsp3) is 0.409. The van der Waals surface area contributed by atoms with Gasteiger partial charge < -0.3 is 4.90 Å². The third-order valence-corrected chi connectivity index (χ3v) is 5.78. The number of benzene rings is 2. The molecule has 0 bridgehead atoms. The van der Waals surface area contributed by atoms with Crippen molar-refractivity contribution in [2.45, 2.75) is 25.2 Å². The summed E-state index contributed by atoms with van der Waals surface area (Å²) < 4.78 is 0. The van der Waals surface area contributed by atoms with Gasteiger partial charge in [-0.15, -0.1) is 0 Å². The van der Waals surface area contributed by atoms with Crippen molar-refractivity contribution in [3.05, 3.63) is 65.2 Å². The van der Waals surface area contributed by atoms with Crippen LogP contribution in [0.2, 0.25) is 0 Å². The molecule has 25 heavy (non-hydrogen) atoms. The summed E-state index contributed by atoms with van der Waals surface area (Å²) in [4.78, 5) is 5.05. The minimum Gasteiger partial charge on any atom is -0.369 e. The molecule has 0 spiro atoms. The van der Waals surface area contributed by atoms with Gasteiger partial charge in [-0.05, 0) is 67.1 Å². The summed E-state index contributed by atoms with van der Waals surface area (Å²) in [6.07, 6.45) is 3.87. The summed E-state index contributed by atoms with van der Waals surface area (Å²) >= 11 is 0. The second-order valence-electron chi connectivity index (χ2n) is 7.21. The average molecular weight is 331 g/mol. The molecule has 1 aliphatic heterocycles. The molecule has 0 radical (unpaired) electrons. The molecule has 0 N–H and O–H groups in total. The van der Waals surface area contributed by atoms with Crippen molar-refractivity contribution < 1.29 is 0 Å². The highest BCUT2D eigenvalue weighted by Gasteiger charge is 2.23. The van der Waals surface area contributed by atoms with Crippen molar-refractivity contribution >= 4 is 5.69 Å². The van der Waals surface area contributed by atoms with Gasteiger partial charge in [-0.3, -0.25) is 4.90 Å². The summed E-state index contributed by atoms with van der Waals surface area (Å²) in [6.45, 7) is 5.63. The SMILES string of the molecule is N#Cc1ccc(N2CCN(CCC3CCc4ccccc43)CC2)cc1. The van der Waals surface area contributed by atoms with Crippen LogP contribution in [0.3, 0.4) is 0 Å². The highest BCUT2D eigenvalue weighted by atomic mass is 15.3. The first kappa shape index (κ1) is 16.2. The van der Waals surface area contributed by atoms with E-state index in [-0.39, 0.29) is 0 Å². The Kier molecular flexibility index (Phi) is 4.72. The molecule has 128 valence electrons. The number of nitrogens with zero attached hydrogens (tertiary/aromatic N) is 3. The Morgan fingerprint density at radius 1 is 0.960 bits per heavy atom. The third-order valence-electron chi connectivity index (χ3n) is 5.78. The summed E-state index contributed by atoms with van der Waals surface area (Å²) in [5, 5.41) is 8.91. The van der Waals surface area contributed by atoms with Gasteiger partial charge in [-0.2, -0.15) is 5.26 Å². The number of rotatable bonds is 4. The Balaban J connectivity index is 1.27. The van der Waals surface area contributed by atoms with Crippen LogP contribution in [0, 0.1) is 11.3 Å². The fourth-order valence-corrected chi connectivity index (χ4v) is 4.26. The lowest BCUT2D eigenvalue weighted by atomic mass is 9.97. The van der Waals surface area contributed by atoms with E-state index in [9.17, 15) is 0 Å². The van der Waals surface area contributed by atoms with Crippen LogP contribution in [-0.4, -0.2) is 37.6 Å². The molecule has 1 fully saturated rings. The second-order valence-corrected chi connectivity index (χ2v) is 7.21. The van der Waals surface area contributed by atoms with E-state index in [2.05, 4.69) is 52.3 Å². The largest absolute Gasteiger partial charge is 0.369 e. The third kappa shape index (κ3) is 3.55. The van der Waals surface area contributed by atoms with Gasteiger partial charge in [0.2, 0.25) is 0 Å². The smallest absolute Gasteiger partial charge is 0.0991 e. The maximum Gasteiger partial charge on any atom is 0.0991 e. The lowest BCUT2D eigenvalue weighted by Gasteiger charge is -2.36. The Morgan fingerprint density at radius 3 is 2.48 bits per heavy atom. The molecule has 0 amide bonds. The lowest BCUT2D eigenvalue weighted by molar-refractivity contribution is 0.248. The van der Waals surface area contributed by atoms with Crippen LogP contribution in [0.5, 0.6) is 0 Å². The van der Waals surface area contributed by atoms with Crippen LogP contribution in [0.1, 0.15) is 35.4 Å². The van der Waals surface area contributed by atoms with Gasteiger partial charge in [0.05, 0.1) is 11.6 Å². The normalized spacial score (nSPS) is 20.3. The first-order valence-corrected chi connectivity index (χ1v) is 9.39. The van der Waals surface area contributed by atoms with E-state index < -0.39 is 0 Å². The van der Waals surface area contributed by atoms with E-state index in [0.29, 0.717) is 0 Å². The van der Waals surface area contributed by atoms with Gasteiger partial charge in [-0.1, -0.05) is 24.3 Å². The fourth-order valence-electron chi connectivity index (χ4n) is 4.26. The van der Waals surface area contributed by atoms with E-state index in [0.717, 1.165) is 37.7 Å². The van der Waals surface area contributed by atoms with Gasteiger partial charge in [0, 0.05) is 31.9 Å². The minimum absolute atomic E-state index is 0.735. The maximum atomic E-state index is 8.91. The molecule has 3 nitrogen and oxygen atoms in total. The molecule has 3 heteroatoms. The Labute approximate surface area is 150 Å². The van der Waals surface area contributed by atoms with Crippen molar-refractivity contribution in [2.75, 3.05) is 37.6 Å². The van der Waals surface area contributed by atoms with Crippen LogP contribution in [0.4, 0.5) is 5.69 Å². The monoisotopic (exact) mass is 331 g/mol. The van der Waals surface area contributed by atoms with E-state index in [4.69, 9.17) is 5.26 Å². The lowest BCUT2D eigenvalue weighted by Crippen LogP contribution is -2.46. The summed E-state index contributed by atoms with van der Waals surface area (Å²) in [5.41, 5.74) is 5.14. The van der Waals surface area contributed by atoms with Crippen molar-refractivity contribution in [1.29, 1.82) is 5.26 Å². The Bertz CT molecular complexity index is 752. The van der Waals surface area contributed by atoms with Gasteiger partial charge in [0.15, 0.2) is 0 Å². The molecule has 2 aromatic carbocycles. The van der Waals surface area contributed by atoms with Crippen molar-refractivity contribution in [1.82, 2.24) is 4.90 Å². The van der Waals surface area contributed by atoms with Gasteiger partial charge in [-0.25, -0.2) is 0 Å².